The van der Waals surface area contributed by atoms with Crippen molar-refractivity contribution in [1.82, 2.24) is 10.6 Å². The summed E-state index contributed by atoms with van der Waals surface area (Å²) in [5, 5.41) is 20.5. The quantitative estimate of drug-likeness (QED) is 0.0686. The highest BCUT2D eigenvalue weighted by Gasteiger charge is 2.39. The number of thiophene rings is 3. The summed E-state index contributed by atoms with van der Waals surface area (Å²) in [5.74, 6) is 0. The molecule has 17 aromatic carbocycles. The Hall–Kier alpha value is -12.8. The Morgan fingerprint density at radius 2 is 0.588 bits per heavy atom. The Balaban J connectivity index is 0.620. The van der Waals surface area contributed by atoms with Gasteiger partial charge < -0.3 is 11.5 Å². The fourth-order valence-electron chi connectivity index (χ4n) is 19.2. The van der Waals surface area contributed by atoms with Crippen LogP contribution in [0.2, 0.25) is 0 Å². The summed E-state index contributed by atoms with van der Waals surface area (Å²) >= 11 is 5.56. The van der Waals surface area contributed by atoms with Crippen LogP contribution in [0.3, 0.4) is 0 Å². The molecule has 4 nitrogen and oxygen atoms in total. The molecule has 4 atom stereocenters. The van der Waals surface area contributed by atoms with E-state index in [2.05, 4.69) is 414 Å². The number of benzene rings is 17. The van der Waals surface area contributed by atoms with Crippen molar-refractivity contribution in [2.45, 2.75) is 62.9 Å². The first kappa shape index (κ1) is 72.7. The van der Waals surface area contributed by atoms with Crippen molar-refractivity contribution in [2.24, 2.45) is 11.5 Å². The van der Waals surface area contributed by atoms with E-state index in [9.17, 15) is 0 Å². The molecule has 6 N–H and O–H groups in total. The Kier molecular flexibility index (Phi) is 17.8. The zero-order valence-corrected chi connectivity index (χ0v) is 68.9. The first-order chi connectivity index (χ1) is 58.2. The second-order valence-electron chi connectivity index (χ2n) is 33.5. The molecule has 0 fully saturated rings. The van der Waals surface area contributed by atoms with E-state index in [1.165, 1.54) is 154 Å². The highest BCUT2D eigenvalue weighted by Crippen LogP contribution is 2.54. The summed E-state index contributed by atoms with van der Waals surface area (Å²) in [7, 11) is 0. The predicted octanol–water partition coefficient (Wildman–Crippen LogP) is 30.0. The minimum absolute atomic E-state index is 0.173. The van der Waals surface area contributed by atoms with Crippen molar-refractivity contribution in [1.29, 1.82) is 0 Å². The third kappa shape index (κ3) is 12.9. The van der Waals surface area contributed by atoms with Crippen molar-refractivity contribution >= 4 is 128 Å². The minimum Gasteiger partial charge on any atom is -0.312 e. The van der Waals surface area contributed by atoms with Gasteiger partial charge in [0.25, 0.3) is 0 Å². The zero-order chi connectivity index (χ0) is 79.8. The average molecular weight is 1580 g/mol. The lowest BCUT2D eigenvalue weighted by Gasteiger charge is -2.24. The standard InChI is InChI=1S/C112H84N4S3/c1-111(2)95-32-19-27-69(107(95)93-63-73-25-11-12-26-74(73)65-97(93)111)43-48-99(115-109(113)71-21-7-5-8-22-71)85-56-80(54-81(57-85)77-45-50-104-90(60-77)87-29-13-16-34-101(87)117-104)68-39-37-67(38-40-68)75-41-42-76-64-94-98(66-84(76)53-75)112(3,4)96-33-20-28-70(108(94)96)44-49-100(116-110(114)72-23-9-6-10-24-72)86-58-82(78-46-51-105-91(61-78)88-30-14-17-35-102(88)118-105)55-83(59-86)79-47-52-106-92(62-79)89-31-15-18-36-103(89)119-106/h5-66,99-100,109-110,115-116H,113-114H2,1-4H3/b48-43+,49-44+. The summed E-state index contributed by atoms with van der Waals surface area (Å²) in [6, 6.07) is 130. The second kappa shape index (κ2) is 29.1. The van der Waals surface area contributed by atoms with Gasteiger partial charge in [-0.3, -0.25) is 10.6 Å². The van der Waals surface area contributed by atoms with Gasteiger partial charge in [-0.2, -0.15) is 0 Å². The normalized spacial score (nSPS) is 14.5. The minimum atomic E-state index is -0.460. The molecule has 0 spiro atoms. The van der Waals surface area contributed by atoms with Crippen LogP contribution in [0.15, 0.2) is 364 Å². The largest absolute Gasteiger partial charge is 0.312 e. The molecule has 0 saturated heterocycles. The van der Waals surface area contributed by atoms with Gasteiger partial charge in [-0.1, -0.05) is 283 Å². The van der Waals surface area contributed by atoms with E-state index in [0.29, 0.717) is 0 Å². The maximum absolute atomic E-state index is 7.32. The molecule has 119 heavy (non-hydrogen) atoms. The Morgan fingerprint density at radius 1 is 0.252 bits per heavy atom. The van der Waals surface area contributed by atoms with Crippen LogP contribution in [0.5, 0.6) is 0 Å². The van der Waals surface area contributed by atoms with Gasteiger partial charge in [0.2, 0.25) is 0 Å². The van der Waals surface area contributed by atoms with Crippen LogP contribution in [-0.2, 0) is 10.8 Å². The molecule has 3 aromatic heterocycles. The third-order valence-electron chi connectivity index (χ3n) is 25.6. The van der Waals surface area contributed by atoms with Gasteiger partial charge in [0.05, 0.1) is 24.4 Å². The lowest BCUT2D eigenvalue weighted by molar-refractivity contribution is 0.509. The molecule has 22 rings (SSSR count). The van der Waals surface area contributed by atoms with Gasteiger partial charge in [-0.25, -0.2) is 0 Å². The third-order valence-corrected chi connectivity index (χ3v) is 29.0. The van der Waals surface area contributed by atoms with Crippen LogP contribution >= 0.6 is 34.0 Å². The molecular weight excluding hydrogens is 1500 g/mol. The van der Waals surface area contributed by atoms with Crippen molar-refractivity contribution in [3.63, 3.8) is 0 Å². The van der Waals surface area contributed by atoms with Crippen molar-refractivity contribution in [3.8, 4) is 77.9 Å². The van der Waals surface area contributed by atoms with Gasteiger partial charge in [-0.15, -0.1) is 34.0 Å². The number of nitrogens with one attached hydrogen (secondary N) is 2. The molecule has 20 aromatic rings. The fourth-order valence-corrected chi connectivity index (χ4v) is 22.5. The van der Waals surface area contributed by atoms with E-state index in [1.54, 1.807) is 0 Å². The average Bonchev–Trinajstić information content (AvgIpc) is 1.57. The van der Waals surface area contributed by atoms with Crippen LogP contribution in [0, 0.1) is 0 Å². The van der Waals surface area contributed by atoms with Crippen molar-refractivity contribution < 1.29 is 0 Å². The molecule has 0 aliphatic heterocycles. The van der Waals surface area contributed by atoms with Crippen LogP contribution in [0.4, 0.5) is 0 Å². The first-order valence-corrected chi connectivity index (χ1v) is 43.7. The predicted molar refractivity (Wildman–Crippen MR) is 512 cm³/mol. The monoisotopic (exact) mass is 1580 g/mol. The second-order valence-corrected chi connectivity index (χ2v) is 36.7. The van der Waals surface area contributed by atoms with E-state index in [1.807, 2.05) is 34.0 Å². The Labute approximate surface area is 705 Å². The van der Waals surface area contributed by atoms with Crippen molar-refractivity contribution in [3.05, 3.63) is 420 Å². The molecule has 7 heteroatoms. The molecule has 0 radical (unpaired) electrons. The van der Waals surface area contributed by atoms with Crippen LogP contribution in [0.25, 0.3) is 172 Å². The van der Waals surface area contributed by atoms with E-state index < -0.39 is 12.3 Å². The van der Waals surface area contributed by atoms with E-state index in [4.69, 9.17) is 11.5 Å². The van der Waals surface area contributed by atoms with Gasteiger partial charge in [0.15, 0.2) is 0 Å². The molecule has 0 saturated carbocycles. The molecule has 0 bridgehead atoms. The van der Waals surface area contributed by atoms with Gasteiger partial charge in [-0.05, 0) is 276 Å². The molecule has 2 aliphatic rings. The number of hydrogen-bond donors (Lipinski definition) is 4. The molecule has 570 valence electrons. The molecule has 4 unspecified atom stereocenters. The fraction of sp³-hybridized carbons (Fsp3) is 0.0893. The van der Waals surface area contributed by atoms with Crippen molar-refractivity contribution in [2.75, 3.05) is 0 Å². The number of hydrogen-bond acceptors (Lipinski definition) is 7. The lowest BCUT2D eigenvalue weighted by Crippen LogP contribution is -2.31. The smallest absolute Gasteiger partial charge is 0.0817 e. The summed E-state index contributed by atoms with van der Waals surface area (Å²) in [6.07, 6.45) is 8.46. The molecule has 2 aliphatic carbocycles. The van der Waals surface area contributed by atoms with Gasteiger partial charge in [0, 0.05) is 71.3 Å². The van der Waals surface area contributed by atoms with E-state index in [-0.39, 0.29) is 22.9 Å². The molecule has 0 amide bonds. The topological polar surface area (TPSA) is 76.1 Å². The zero-order valence-electron chi connectivity index (χ0n) is 66.5. The Morgan fingerprint density at radius 3 is 1.03 bits per heavy atom. The lowest BCUT2D eigenvalue weighted by atomic mass is 9.81. The van der Waals surface area contributed by atoms with Crippen LogP contribution in [0.1, 0.15) is 108 Å². The van der Waals surface area contributed by atoms with E-state index >= 15 is 0 Å². The van der Waals surface area contributed by atoms with Gasteiger partial charge in [0.1, 0.15) is 0 Å². The molecule has 3 heterocycles. The highest BCUT2D eigenvalue weighted by molar-refractivity contribution is 7.26. The maximum atomic E-state index is 7.32. The van der Waals surface area contributed by atoms with Crippen LogP contribution in [-0.4, -0.2) is 0 Å². The Bertz CT molecular complexity index is 7410. The molecular formula is C112H84N4S3. The summed E-state index contributed by atoms with van der Waals surface area (Å²) in [4.78, 5) is 0. The summed E-state index contributed by atoms with van der Waals surface area (Å²) < 4.78 is 7.74. The summed E-state index contributed by atoms with van der Waals surface area (Å²) in [5.41, 5.74) is 42.8. The SMILES string of the molecule is CC1(C)c2cc3ccccc3cc2-c2c(/C=C/C(NC(N)c3ccccc3)c3cc(-c4ccc(-c5ccc6cc7c(cc6c5)C(C)(C)c5cccc(/C=C/C(NC(N)c6ccccc6)c6cc(-c8ccc9sc%10ccccc%10c9c8)cc(-c8ccc9sc%10ccccc%10c9c8)c6)c5-7)cc4)cc(-c4ccc5sc6ccccc6c5c4)c3)cccc21. The van der Waals surface area contributed by atoms with E-state index in [0.717, 1.165) is 61.2 Å². The first-order valence-electron chi connectivity index (χ1n) is 41.3. The van der Waals surface area contributed by atoms with Gasteiger partial charge >= 0.3 is 0 Å². The highest BCUT2D eigenvalue weighted by atomic mass is 32.1. The van der Waals surface area contributed by atoms with Crippen LogP contribution < -0.4 is 22.1 Å². The number of fused-ring (bicyclic) bond motifs is 17. The maximum Gasteiger partial charge on any atom is 0.0817 e. The summed E-state index contributed by atoms with van der Waals surface area (Å²) in [6.45, 7) is 9.53. The number of rotatable bonds is 17. The number of nitrogens with two attached hydrogens (primary N) is 2.